The second kappa shape index (κ2) is 5.34. The van der Waals surface area contributed by atoms with Crippen LogP contribution >= 0.6 is 0 Å². The highest BCUT2D eigenvalue weighted by molar-refractivity contribution is 5.90. The number of benzene rings is 1. The summed E-state index contributed by atoms with van der Waals surface area (Å²) in [6.07, 6.45) is 3.73. The van der Waals surface area contributed by atoms with Gasteiger partial charge < -0.3 is 10.6 Å². The lowest BCUT2D eigenvalue weighted by Crippen LogP contribution is -2.25. The number of amides is 2. The molecule has 1 aliphatic rings. The molecule has 2 rings (SSSR count). The van der Waals surface area contributed by atoms with Crippen LogP contribution in [0.4, 0.5) is 23.7 Å². The minimum absolute atomic E-state index is 0.408. The molecular weight excluding hydrogens is 257 g/mol. The van der Waals surface area contributed by atoms with Crippen LogP contribution in [-0.2, 0) is 0 Å². The van der Waals surface area contributed by atoms with Crippen LogP contribution in [0.3, 0.4) is 0 Å². The number of allylic oxidation sites excluding steroid dienone is 1. The third kappa shape index (κ3) is 3.27. The number of urea groups is 1. The largest absolute Gasteiger partial charge is 0.323 e. The van der Waals surface area contributed by atoms with Crippen LogP contribution in [0.2, 0.25) is 0 Å². The van der Waals surface area contributed by atoms with Crippen LogP contribution in [0, 0.1) is 23.4 Å². The fourth-order valence-electron chi connectivity index (χ4n) is 1.62. The van der Waals surface area contributed by atoms with Gasteiger partial charge in [-0.05, 0) is 37.8 Å². The van der Waals surface area contributed by atoms with Crippen LogP contribution < -0.4 is 10.6 Å². The molecule has 6 heteroatoms. The number of halogens is 3. The first-order valence-electron chi connectivity index (χ1n) is 5.86. The van der Waals surface area contributed by atoms with Gasteiger partial charge in [-0.1, -0.05) is 5.57 Å². The van der Waals surface area contributed by atoms with Crippen molar-refractivity contribution in [1.29, 1.82) is 0 Å². The summed E-state index contributed by atoms with van der Waals surface area (Å²) in [7, 11) is 0. The molecule has 102 valence electrons. The summed E-state index contributed by atoms with van der Waals surface area (Å²) in [5.41, 5.74) is 0.620. The minimum Gasteiger partial charge on any atom is -0.314 e. The maximum Gasteiger partial charge on any atom is 0.323 e. The second-order valence-corrected chi connectivity index (χ2v) is 4.48. The Morgan fingerprint density at radius 2 is 1.95 bits per heavy atom. The van der Waals surface area contributed by atoms with Gasteiger partial charge in [0.15, 0.2) is 17.5 Å². The number of hydrogen-bond donors (Lipinski definition) is 2. The molecule has 0 unspecified atom stereocenters. The highest BCUT2D eigenvalue weighted by atomic mass is 19.2. The predicted molar refractivity (Wildman–Crippen MR) is 65.0 cm³/mol. The Bertz CT molecular complexity index is 539. The van der Waals surface area contributed by atoms with Crippen LogP contribution in [0.25, 0.3) is 0 Å². The van der Waals surface area contributed by atoms with E-state index < -0.39 is 29.2 Å². The smallest absolute Gasteiger partial charge is 0.314 e. The predicted octanol–water partition coefficient (Wildman–Crippen LogP) is 3.54. The first kappa shape index (κ1) is 13.5. The van der Waals surface area contributed by atoms with E-state index in [0.717, 1.165) is 30.5 Å². The average Bonchev–Trinajstić information content (AvgIpc) is 3.21. The molecule has 1 aromatic rings. The van der Waals surface area contributed by atoms with E-state index in [1.807, 2.05) is 6.92 Å². The zero-order valence-corrected chi connectivity index (χ0v) is 10.3. The minimum atomic E-state index is -1.61. The van der Waals surface area contributed by atoms with Crippen molar-refractivity contribution < 1.29 is 18.0 Å². The lowest BCUT2D eigenvalue weighted by Gasteiger charge is -2.07. The first-order chi connectivity index (χ1) is 8.99. The van der Waals surface area contributed by atoms with E-state index in [2.05, 4.69) is 10.6 Å². The third-order valence-electron chi connectivity index (χ3n) is 2.94. The standard InChI is InChI=1S/C13H13F3N2O/c1-7(8-2-3-8)6-17-13(19)18-10-5-4-9(14)11(15)12(10)16/h4-6,8H,2-3H2,1H3,(H2,17,18,19)/b7-6+. The van der Waals surface area contributed by atoms with Gasteiger partial charge in [0.05, 0.1) is 5.69 Å². The first-order valence-corrected chi connectivity index (χ1v) is 5.86. The van der Waals surface area contributed by atoms with Gasteiger partial charge in [0.2, 0.25) is 0 Å². The van der Waals surface area contributed by atoms with Crippen molar-refractivity contribution in [1.82, 2.24) is 5.32 Å². The third-order valence-corrected chi connectivity index (χ3v) is 2.94. The van der Waals surface area contributed by atoms with Crippen molar-refractivity contribution in [3.8, 4) is 0 Å². The maximum atomic E-state index is 13.3. The Labute approximate surface area is 108 Å². The van der Waals surface area contributed by atoms with Gasteiger partial charge in [0.25, 0.3) is 0 Å². The monoisotopic (exact) mass is 270 g/mol. The number of hydrogen-bond acceptors (Lipinski definition) is 1. The zero-order chi connectivity index (χ0) is 14.0. The van der Waals surface area contributed by atoms with Gasteiger partial charge in [-0.2, -0.15) is 0 Å². The van der Waals surface area contributed by atoms with Crippen molar-refractivity contribution in [2.75, 3.05) is 5.32 Å². The topological polar surface area (TPSA) is 41.1 Å². The van der Waals surface area contributed by atoms with Gasteiger partial charge in [0, 0.05) is 6.20 Å². The Morgan fingerprint density at radius 3 is 2.58 bits per heavy atom. The molecule has 0 aliphatic heterocycles. The Balaban J connectivity index is 1.99. The molecule has 1 aromatic carbocycles. The number of rotatable bonds is 3. The van der Waals surface area contributed by atoms with Crippen molar-refractivity contribution >= 4 is 11.7 Å². The normalized spacial score (nSPS) is 15.3. The highest BCUT2D eigenvalue weighted by Gasteiger charge is 2.23. The molecule has 2 N–H and O–H groups in total. The number of anilines is 1. The van der Waals surface area contributed by atoms with Crippen LogP contribution in [0.5, 0.6) is 0 Å². The quantitative estimate of drug-likeness (QED) is 0.810. The van der Waals surface area contributed by atoms with E-state index in [9.17, 15) is 18.0 Å². The molecule has 1 fully saturated rings. The summed E-state index contributed by atoms with van der Waals surface area (Å²) in [5.74, 6) is -3.83. The van der Waals surface area contributed by atoms with Gasteiger partial charge in [-0.15, -0.1) is 0 Å². The molecule has 0 aromatic heterocycles. The molecule has 0 atom stereocenters. The van der Waals surface area contributed by atoms with E-state index in [1.54, 1.807) is 0 Å². The Kier molecular flexibility index (Phi) is 3.78. The summed E-state index contributed by atoms with van der Waals surface area (Å²) >= 11 is 0. The van der Waals surface area contributed by atoms with E-state index in [-0.39, 0.29) is 0 Å². The van der Waals surface area contributed by atoms with Crippen molar-refractivity contribution in [2.24, 2.45) is 5.92 Å². The van der Waals surface area contributed by atoms with Crippen LogP contribution in [0.1, 0.15) is 19.8 Å². The number of carbonyl (C=O) groups excluding carboxylic acids is 1. The molecule has 0 bridgehead atoms. The maximum absolute atomic E-state index is 13.3. The lowest BCUT2D eigenvalue weighted by molar-refractivity contribution is 0.255. The molecular formula is C13H13F3N2O. The van der Waals surface area contributed by atoms with Crippen molar-refractivity contribution in [3.63, 3.8) is 0 Å². The summed E-state index contributed by atoms with van der Waals surface area (Å²) in [5, 5.41) is 4.54. The van der Waals surface area contributed by atoms with Crippen LogP contribution in [0.15, 0.2) is 23.9 Å². The number of nitrogens with one attached hydrogen (secondary N) is 2. The Morgan fingerprint density at radius 1 is 1.26 bits per heavy atom. The molecule has 1 saturated carbocycles. The molecule has 2 amide bonds. The van der Waals surface area contributed by atoms with Crippen LogP contribution in [-0.4, -0.2) is 6.03 Å². The average molecular weight is 270 g/mol. The molecule has 0 heterocycles. The SMILES string of the molecule is C/C(=C\NC(=O)Nc1ccc(F)c(F)c1F)C1CC1. The zero-order valence-electron chi connectivity index (χ0n) is 10.3. The van der Waals surface area contributed by atoms with E-state index in [1.165, 1.54) is 6.20 Å². The summed E-state index contributed by atoms with van der Waals surface area (Å²) < 4.78 is 38.9. The summed E-state index contributed by atoms with van der Waals surface area (Å²) in [4.78, 5) is 11.5. The fourth-order valence-corrected chi connectivity index (χ4v) is 1.62. The molecule has 3 nitrogen and oxygen atoms in total. The molecule has 19 heavy (non-hydrogen) atoms. The van der Waals surface area contributed by atoms with E-state index in [0.29, 0.717) is 5.92 Å². The van der Waals surface area contributed by atoms with Gasteiger partial charge in [0.1, 0.15) is 0 Å². The molecule has 0 spiro atoms. The van der Waals surface area contributed by atoms with E-state index in [4.69, 9.17) is 0 Å². The van der Waals surface area contributed by atoms with E-state index >= 15 is 0 Å². The second-order valence-electron chi connectivity index (χ2n) is 4.48. The molecule has 0 saturated heterocycles. The molecule has 1 aliphatic carbocycles. The van der Waals surface area contributed by atoms with Crippen molar-refractivity contribution in [3.05, 3.63) is 41.4 Å². The lowest BCUT2D eigenvalue weighted by atomic mass is 10.2. The van der Waals surface area contributed by atoms with Gasteiger partial charge in [-0.25, -0.2) is 18.0 Å². The fraction of sp³-hybridized carbons (Fsp3) is 0.308. The Hall–Kier alpha value is -1.98. The summed E-state index contributed by atoms with van der Waals surface area (Å²) in [6, 6.07) is 1.01. The molecule has 0 radical (unpaired) electrons. The van der Waals surface area contributed by atoms with Gasteiger partial charge >= 0.3 is 6.03 Å². The van der Waals surface area contributed by atoms with Crippen molar-refractivity contribution in [2.45, 2.75) is 19.8 Å². The summed E-state index contributed by atoms with van der Waals surface area (Å²) in [6.45, 7) is 1.89. The highest BCUT2D eigenvalue weighted by Crippen LogP contribution is 2.35. The number of carbonyl (C=O) groups is 1. The van der Waals surface area contributed by atoms with Gasteiger partial charge in [-0.3, -0.25) is 0 Å².